The summed E-state index contributed by atoms with van der Waals surface area (Å²) >= 11 is 0. The molecule has 0 unspecified atom stereocenters. The highest BCUT2D eigenvalue weighted by Crippen LogP contribution is 2.46. The van der Waals surface area contributed by atoms with Gasteiger partial charge in [-0.05, 0) is 31.2 Å². The molecule has 0 N–H and O–H groups in total. The summed E-state index contributed by atoms with van der Waals surface area (Å²) in [4.78, 5) is 4.63. The Morgan fingerprint density at radius 3 is 1.59 bits per heavy atom. The van der Waals surface area contributed by atoms with E-state index in [-0.39, 0.29) is 0 Å². The van der Waals surface area contributed by atoms with E-state index in [2.05, 4.69) is 72.3 Å². The van der Waals surface area contributed by atoms with Crippen LogP contribution in [-0.2, 0) is 0 Å². The first kappa shape index (κ1) is 10.2. The molecule has 1 heterocycles. The molecule has 86 valence electrons. The topological polar surface area (TPSA) is 6.48 Å². The quantitative estimate of drug-likeness (QED) is 0.724. The Bertz CT molecular complexity index is 501. The van der Waals surface area contributed by atoms with Gasteiger partial charge in [-0.2, -0.15) is 0 Å². The molecule has 0 aliphatic carbocycles. The summed E-state index contributed by atoms with van der Waals surface area (Å²) in [5.74, 6) is 0. The Hall–Kier alpha value is -1.96. The number of nitrogens with zero attached hydrogens (tertiary/aromatic N) is 2. The van der Waals surface area contributed by atoms with E-state index in [0.29, 0.717) is 0 Å². The fourth-order valence-corrected chi connectivity index (χ4v) is 2.55. The predicted molar refractivity (Wildman–Crippen MR) is 73.6 cm³/mol. The molecule has 17 heavy (non-hydrogen) atoms. The van der Waals surface area contributed by atoms with Crippen molar-refractivity contribution in [3.63, 3.8) is 0 Å². The van der Waals surface area contributed by atoms with E-state index in [0.717, 1.165) is 6.54 Å². The summed E-state index contributed by atoms with van der Waals surface area (Å²) in [5, 5.41) is 0. The maximum Gasteiger partial charge on any atom is 0.0652 e. The highest BCUT2D eigenvalue weighted by Gasteiger charge is 2.23. The van der Waals surface area contributed by atoms with E-state index in [4.69, 9.17) is 0 Å². The van der Waals surface area contributed by atoms with Gasteiger partial charge in [0.1, 0.15) is 0 Å². The van der Waals surface area contributed by atoms with E-state index in [1.54, 1.807) is 0 Å². The first-order chi connectivity index (χ1) is 8.33. The minimum atomic E-state index is 0.988. The van der Waals surface area contributed by atoms with Crippen molar-refractivity contribution in [2.75, 3.05) is 23.4 Å². The molecular weight excluding hydrogens is 208 g/mol. The average molecular weight is 224 g/mol. The molecular formula is C15H16N2. The standard InChI is InChI=1S/C15H16N2/c1-3-17-14-10-6-4-8-12(14)16(2)13-9-5-7-11-15(13)17/h4-11H,3H2,1-2H3. The van der Waals surface area contributed by atoms with Crippen LogP contribution in [0.1, 0.15) is 6.92 Å². The summed E-state index contributed by atoms with van der Waals surface area (Å²) < 4.78 is 0. The van der Waals surface area contributed by atoms with E-state index < -0.39 is 0 Å². The number of rotatable bonds is 1. The zero-order valence-corrected chi connectivity index (χ0v) is 10.2. The van der Waals surface area contributed by atoms with E-state index in [1.807, 2.05) is 0 Å². The maximum atomic E-state index is 2.37. The van der Waals surface area contributed by atoms with Crippen molar-refractivity contribution in [1.82, 2.24) is 0 Å². The van der Waals surface area contributed by atoms with Gasteiger partial charge in [0.05, 0.1) is 22.7 Å². The molecule has 0 saturated carbocycles. The molecule has 0 fully saturated rings. The molecule has 2 aromatic rings. The molecule has 0 aromatic heterocycles. The van der Waals surface area contributed by atoms with E-state index >= 15 is 0 Å². The molecule has 1 aliphatic heterocycles. The van der Waals surface area contributed by atoms with Crippen molar-refractivity contribution in [3.05, 3.63) is 48.5 Å². The van der Waals surface area contributed by atoms with Gasteiger partial charge in [-0.1, -0.05) is 24.3 Å². The Morgan fingerprint density at radius 2 is 1.18 bits per heavy atom. The summed E-state index contributed by atoms with van der Waals surface area (Å²) in [6.07, 6.45) is 0. The SMILES string of the molecule is CCN1c2ccccc2N(C)c2ccccc21. The van der Waals surface area contributed by atoms with E-state index in [1.165, 1.54) is 22.7 Å². The lowest BCUT2D eigenvalue weighted by Crippen LogP contribution is -2.26. The lowest BCUT2D eigenvalue weighted by atomic mass is 10.1. The smallest absolute Gasteiger partial charge is 0.0652 e. The largest absolute Gasteiger partial charge is 0.341 e. The number of hydrogen-bond acceptors (Lipinski definition) is 2. The Kier molecular flexibility index (Phi) is 2.29. The third kappa shape index (κ3) is 1.41. The molecule has 0 spiro atoms. The summed E-state index contributed by atoms with van der Waals surface area (Å²) in [7, 11) is 2.13. The second-order valence-corrected chi connectivity index (χ2v) is 4.28. The second kappa shape index (κ2) is 3.81. The van der Waals surface area contributed by atoms with Crippen LogP contribution in [0.25, 0.3) is 0 Å². The lowest BCUT2D eigenvalue weighted by Gasteiger charge is -2.37. The number of hydrogen-bond donors (Lipinski definition) is 0. The molecule has 3 rings (SSSR count). The fourth-order valence-electron chi connectivity index (χ4n) is 2.55. The van der Waals surface area contributed by atoms with Crippen molar-refractivity contribution in [2.45, 2.75) is 6.92 Å². The molecule has 0 amide bonds. The van der Waals surface area contributed by atoms with Gasteiger partial charge in [-0.15, -0.1) is 0 Å². The van der Waals surface area contributed by atoms with Crippen LogP contribution in [0, 0.1) is 0 Å². The molecule has 0 saturated heterocycles. The molecule has 2 heteroatoms. The van der Waals surface area contributed by atoms with Crippen LogP contribution in [0.15, 0.2) is 48.5 Å². The Balaban J connectivity index is 2.25. The first-order valence-electron chi connectivity index (χ1n) is 6.02. The van der Waals surface area contributed by atoms with Gasteiger partial charge >= 0.3 is 0 Å². The van der Waals surface area contributed by atoms with Gasteiger partial charge < -0.3 is 9.80 Å². The number of anilines is 4. The summed E-state index contributed by atoms with van der Waals surface area (Å²) in [5.41, 5.74) is 5.12. The van der Waals surface area contributed by atoms with Crippen LogP contribution in [0.4, 0.5) is 22.7 Å². The molecule has 2 nitrogen and oxygen atoms in total. The Morgan fingerprint density at radius 1 is 0.765 bits per heavy atom. The fraction of sp³-hybridized carbons (Fsp3) is 0.200. The summed E-state index contributed by atoms with van der Waals surface area (Å²) in [6.45, 7) is 3.18. The van der Waals surface area contributed by atoms with Gasteiger partial charge in [0.15, 0.2) is 0 Å². The monoisotopic (exact) mass is 224 g/mol. The van der Waals surface area contributed by atoms with Crippen molar-refractivity contribution >= 4 is 22.7 Å². The number of fused-ring (bicyclic) bond motifs is 2. The van der Waals surface area contributed by atoms with Crippen LogP contribution >= 0.6 is 0 Å². The Labute approximate surface area is 102 Å². The van der Waals surface area contributed by atoms with Gasteiger partial charge in [-0.25, -0.2) is 0 Å². The van der Waals surface area contributed by atoms with Crippen LogP contribution in [0.3, 0.4) is 0 Å². The third-order valence-corrected chi connectivity index (χ3v) is 3.38. The minimum absolute atomic E-state index is 0.988. The maximum absolute atomic E-state index is 2.37. The van der Waals surface area contributed by atoms with Crippen LogP contribution in [0.5, 0.6) is 0 Å². The van der Waals surface area contributed by atoms with Crippen LogP contribution in [-0.4, -0.2) is 13.6 Å². The minimum Gasteiger partial charge on any atom is -0.341 e. The number of benzene rings is 2. The lowest BCUT2D eigenvalue weighted by molar-refractivity contribution is 0.989. The van der Waals surface area contributed by atoms with Crippen molar-refractivity contribution in [1.29, 1.82) is 0 Å². The van der Waals surface area contributed by atoms with Crippen molar-refractivity contribution < 1.29 is 0 Å². The van der Waals surface area contributed by atoms with Gasteiger partial charge in [0, 0.05) is 13.6 Å². The molecule has 1 aliphatic rings. The third-order valence-electron chi connectivity index (χ3n) is 3.38. The van der Waals surface area contributed by atoms with Gasteiger partial charge in [-0.3, -0.25) is 0 Å². The summed E-state index contributed by atoms with van der Waals surface area (Å²) in [6, 6.07) is 17.1. The zero-order chi connectivity index (χ0) is 11.8. The zero-order valence-electron chi connectivity index (χ0n) is 10.2. The highest BCUT2D eigenvalue weighted by atomic mass is 15.3. The highest BCUT2D eigenvalue weighted by molar-refractivity contribution is 5.92. The van der Waals surface area contributed by atoms with Crippen molar-refractivity contribution in [2.24, 2.45) is 0 Å². The predicted octanol–water partition coefficient (Wildman–Crippen LogP) is 3.93. The van der Waals surface area contributed by atoms with Crippen molar-refractivity contribution in [3.8, 4) is 0 Å². The van der Waals surface area contributed by atoms with Gasteiger partial charge in [0.2, 0.25) is 0 Å². The van der Waals surface area contributed by atoms with Crippen LogP contribution in [0.2, 0.25) is 0 Å². The van der Waals surface area contributed by atoms with E-state index in [9.17, 15) is 0 Å². The first-order valence-corrected chi connectivity index (χ1v) is 6.02. The van der Waals surface area contributed by atoms with Crippen LogP contribution < -0.4 is 9.80 Å². The van der Waals surface area contributed by atoms with Gasteiger partial charge in [0.25, 0.3) is 0 Å². The molecule has 0 radical (unpaired) electrons. The molecule has 2 aromatic carbocycles. The average Bonchev–Trinajstić information content (AvgIpc) is 2.40. The molecule has 0 bridgehead atoms. The second-order valence-electron chi connectivity index (χ2n) is 4.28. The number of para-hydroxylation sites is 4. The normalized spacial score (nSPS) is 13.3. The molecule has 0 atom stereocenters.